The van der Waals surface area contributed by atoms with Crippen LogP contribution < -0.4 is 10.1 Å². The Bertz CT molecular complexity index is 411. The number of ether oxygens (including phenoxy) is 1. The molecule has 1 N–H and O–H groups in total. The molecule has 0 bridgehead atoms. The highest BCUT2D eigenvalue weighted by molar-refractivity contribution is 7.99. The fraction of sp³-hybridized carbons (Fsp3) is 0.500. The number of benzene rings is 1. The van der Waals surface area contributed by atoms with E-state index in [0.29, 0.717) is 6.04 Å². The van der Waals surface area contributed by atoms with E-state index < -0.39 is 0 Å². The molecule has 0 aliphatic carbocycles. The summed E-state index contributed by atoms with van der Waals surface area (Å²) in [5, 5.41) is 12.1. The molecule has 0 unspecified atom stereocenters. The molecule has 0 amide bonds. The monoisotopic (exact) mass is 262 g/mol. The lowest BCUT2D eigenvalue weighted by Crippen LogP contribution is -2.32. The van der Waals surface area contributed by atoms with Crippen molar-refractivity contribution in [2.75, 3.05) is 18.1 Å². The van der Waals surface area contributed by atoms with Gasteiger partial charge in [-0.05, 0) is 42.0 Å². The fourth-order valence-corrected chi connectivity index (χ4v) is 3.13. The molecule has 1 aliphatic rings. The third-order valence-corrected chi connectivity index (χ3v) is 4.07. The molecule has 1 fully saturated rings. The molecule has 2 rings (SSSR count). The summed E-state index contributed by atoms with van der Waals surface area (Å²) < 4.78 is 5.30. The summed E-state index contributed by atoms with van der Waals surface area (Å²) in [7, 11) is 0. The third kappa shape index (κ3) is 4.25. The van der Waals surface area contributed by atoms with Crippen molar-refractivity contribution in [2.24, 2.45) is 0 Å². The molecular weight excluding hydrogens is 244 g/mol. The second-order valence-electron chi connectivity index (χ2n) is 4.36. The maximum absolute atomic E-state index is 8.48. The summed E-state index contributed by atoms with van der Waals surface area (Å²) >= 11 is 2.04. The lowest BCUT2D eigenvalue weighted by Gasteiger charge is -2.22. The maximum Gasteiger partial charge on any atom is 0.174 e. The van der Waals surface area contributed by atoms with Crippen LogP contribution in [0.5, 0.6) is 5.75 Å². The number of nitrogens with zero attached hydrogens (tertiary/aromatic N) is 1. The molecule has 1 aromatic rings. The normalized spacial score (nSPS) is 16.2. The molecule has 96 valence electrons. The van der Waals surface area contributed by atoms with Crippen LogP contribution in [-0.2, 0) is 6.54 Å². The molecule has 1 heterocycles. The predicted octanol–water partition coefficient (Wildman–Crippen LogP) is 2.57. The number of hydrogen-bond donors (Lipinski definition) is 1. The Hall–Kier alpha value is -1.18. The van der Waals surface area contributed by atoms with E-state index in [2.05, 4.69) is 11.4 Å². The number of hydrogen-bond acceptors (Lipinski definition) is 4. The Morgan fingerprint density at radius 2 is 2.22 bits per heavy atom. The number of thioether (sulfide) groups is 1. The van der Waals surface area contributed by atoms with Crippen molar-refractivity contribution >= 4 is 11.8 Å². The van der Waals surface area contributed by atoms with Gasteiger partial charge in [-0.25, -0.2) is 0 Å². The van der Waals surface area contributed by atoms with Gasteiger partial charge in [0.15, 0.2) is 6.61 Å². The van der Waals surface area contributed by atoms with Crippen LogP contribution in [0.15, 0.2) is 24.3 Å². The standard InChI is InChI=1S/C14H18N2OS/c15-6-7-17-14-3-1-2-12(10-14)11-16-13-4-8-18-9-5-13/h1-3,10,13,16H,4-5,7-9,11H2. The SMILES string of the molecule is N#CCOc1cccc(CNC2CCSCC2)c1. The van der Waals surface area contributed by atoms with Crippen LogP contribution in [-0.4, -0.2) is 24.2 Å². The van der Waals surface area contributed by atoms with Crippen molar-refractivity contribution in [3.63, 3.8) is 0 Å². The second-order valence-corrected chi connectivity index (χ2v) is 5.59. The second kappa shape index (κ2) is 7.30. The smallest absolute Gasteiger partial charge is 0.174 e. The van der Waals surface area contributed by atoms with Gasteiger partial charge in [-0.15, -0.1) is 0 Å². The highest BCUT2D eigenvalue weighted by atomic mass is 32.2. The van der Waals surface area contributed by atoms with Crippen molar-refractivity contribution in [2.45, 2.75) is 25.4 Å². The van der Waals surface area contributed by atoms with Crippen LogP contribution in [0.25, 0.3) is 0 Å². The van der Waals surface area contributed by atoms with E-state index in [0.717, 1.165) is 12.3 Å². The first-order chi connectivity index (χ1) is 8.88. The average molecular weight is 262 g/mol. The Morgan fingerprint density at radius 1 is 1.39 bits per heavy atom. The fourth-order valence-electron chi connectivity index (χ4n) is 2.02. The van der Waals surface area contributed by atoms with Gasteiger partial charge in [0.1, 0.15) is 11.8 Å². The van der Waals surface area contributed by atoms with Crippen molar-refractivity contribution in [1.82, 2.24) is 5.32 Å². The van der Waals surface area contributed by atoms with Crippen LogP contribution in [0.1, 0.15) is 18.4 Å². The molecule has 0 atom stereocenters. The van der Waals surface area contributed by atoms with E-state index in [1.54, 1.807) is 0 Å². The van der Waals surface area contributed by atoms with Crippen molar-refractivity contribution in [3.05, 3.63) is 29.8 Å². The average Bonchev–Trinajstić information content (AvgIpc) is 2.44. The first-order valence-electron chi connectivity index (χ1n) is 6.28. The molecule has 0 radical (unpaired) electrons. The molecule has 1 aromatic carbocycles. The molecule has 1 saturated heterocycles. The van der Waals surface area contributed by atoms with Crippen LogP contribution in [0.3, 0.4) is 0 Å². The summed E-state index contributed by atoms with van der Waals surface area (Å²) in [6.45, 7) is 0.982. The van der Waals surface area contributed by atoms with E-state index in [-0.39, 0.29) is 6.61 Å². The molecular formula is C14H18N2OS. The Kier molecular flexibility index (Phi) is 5.37. The zero-order valence-corrected chi connectivity index (χ0v) is 11.2. The maximum atomic E-state index is 8.48. The minimum Gasteiger partial charge on any atom is -0.479 e. The van der Waals surface area contributed by atoms with Gasteiger partial charge >= 0.3 is 0 Å². The zero-order chi connectivity index (χ0) is 12.6. The zero-order valence-electron chi connectivity index (χ0n) is 10.4. The van der Waals surface area contributed by atoms with E-state index in [9.17, 15) is 0 Å². The molecule has 0 saturated carbocycles. The minimum absolute atomic E-state index is 0.108. The first-order valence-corrected chi connectivity index (χ1v) is 7.44. The highest BCUT2D eigenvalue weighted by Gasteiger charge is 2.12. The Morgan fingerprint density at radius 3 is 3.00 bits per heavy atom. The van der Waals surface area contributed by atoms with Gasteiger partial charge in [0.25, 0.3) is 0 Å². The summed E-state index contributed by atoms with van der Waals surface area (Å²) in [6, 6.07) is 10.6. The molecule has 4 heteroatoms. The van der Waals surface area contributed by atoms with E-state index >= 15 is 0 Å². The van der Waals surface area contributed by atoms with Gasteiger partial charge < -0.3 is 10.1 Å². The summed E-state index contributed by atoms with van der Waals surface area (Å²) in [5.74, 6) is 3.31. The topological polar surface area (TPSA) is 45.0 Å². The van der Waals surface area contributed by atoms with Crippen LogP contribution in [0.4, 0.5) is 0 Å². The molecule has 1 aliphatic heterocycles. The van der Waals surface area contributed by atoms with Crippen LogP contribution in [0.2, 0.25) is 0 Å². The summed E-state index contributed by atoms with van der Waals surface area (Å²) in [5.41, 5.74) is 1.21. The quantitative estimate of drug-likeness (QED) is 0.886. The summed E-state index contributed by atoms with van der Waals surface area (Å²) in [4.78, 5) is 0. The molecule has 18 heavy (non-hydrogen) atoms. The molecule has 3 nitrogen and oxygen atoms in total. The van der Waals surface area contributed by atoms with Crippen molar-refractivity contribution in [3.8, 4) is 11.8 Å². The number of rotatable bonds is 5. The number of nitrogens with one attached hydrogen (secondary N) is 1. The van der Waals surface area contributed by atoms with E-state index in [1.807, 2.05) is 36.0 Å². The van der Waals surface area contributed by atoms with Gasteiger partial charge in [0.2, 0.25) is 0 Å². The predicted molar refractivity (Wildman–Crippen MR) is 74.7 cm³/mol. The largest absolute Gasteiger partial charge is 0.479 e. The minimum atomic E-state index is 0.108. The summed E-state index contributed by atoms with van der Waals surface area (Å²) in [6.07, 6.45) is 2.52. The van der Waals surface area contributed by atoms with Gasteiger partial charge in [-0.3, -0.25) is 0 Å². The van der Waals surface area contributed by atoms with Gasteiger partial charge in [-0.1, -0.05) is 12.1 Å². The van der Waals surface area contributed by atoms with Crippen LogP contribution >= 0.6 is 11.8 Å². The van der Waals surface area contributed by atoms with Crippen molar-refractivity contribution < 1.29 is 4.74 Å². The lowest BCUT2D eigenvalue weighted by molar-refractivity contribution is 0.367. The number of nitriles is 1. The Labute approximate surface area is 113 Å². The molecule has 0 spiro atoms. The molecule has 0 aromatic heterocycles. The van der Waals surface area contributed by atoms with Gasteiger partial charge in [-0.2, -0.15) is 17.0 Å². The van der Waals surface area contributed by atoms with Gasteiger partial charge in [0, 0.05) is 12.6 Å². The van der Waals surface area contributed by atoms with E-state index in [1.165, 1.54) is 29.9 Å². The van der Waals surface area contributed by atoms with Crippen molar-refractivity contribution in [1.29, 1.82) is 5.26 Å². The first kappa shape index (κ1) is 13.3. The van der Waals surface area contributed by atoms with Crippen LogP contribution in [0, 0.1) is 11.3 Å². The van der Waals surface area contributed by atoms with Gasteiger partial charge in [0.05, 0.1) is 0 Å². The highest BCUT2D eigenvalue weighted by Crippen LogP contribution is 2.18. The Balaban J connectivity index is 1.82. The van der Waals surface area contributed by atoms with E-state index in [4.69, 9.17) is 10.00 Å². The third-order valence-electron chi connectivity index (χ3n) is 3.02. The lowest BCUT2D eigenvalue weighted by atomic mass is 10.1.